The van der Waals surface area contributed by atoms with Crippen LogP contribution < -0.4 is 14.8 Å². The Bertz CT molecular complexity index is 1100. The molecule has 0 unspecified atom stereocenters. The van der Waals surface area contributed by atoms with Crippen molar-refractivity contribution in [3.63, 3.8) is 0 Å². The number of aromatic nitrogens is 3. The first-order chi connectivity index (χ1) is 13.2. The largest absolute Gasteiger partial charge is 0.495 e. The summed E-state index contributed by atoms with van der Waals surface area (Å²) in [6, 6.07) is 13.1. The molecule has 0 fully saturated rings. The van der Waals surface area contributed by atoms with E-state index < -0.39 is 0 Å². The van der Waals surface area contributed by atoms with Gasteiger partial charge in [0.15, 0.2) is 5.82 Å². The lowest BCUT2D eigenvalue weighted by molar-refractivity contribution is 0.396. The Morgan fingerprint density at radius 2 is 1.78 bits per heavy atom. The minimum absolute atomic E-state index is 0.436. The summed E-state index contributed by atoms with van der Waals surface area (Å²) in [5, 5.41) is 7.77. The average Bonchev–Trinajstić information content (AvgIpc) is 3.14. The van der Waals surface area contributed by atoms with Crippen molar-refractivity contribution < 1.29 is 14.0 Å². The number of nitrogens with zero attached hydrogens (tertiary/aromatic N) is 3. The lowest BCUT2D eigenvalue weighted by Crippen LogP contribution is -1.99. The van der Waals surface area contributed by atoms with E-state index >= 15 is 0 Å². The molecule has 0 saturated heterocycles. The van der Waals surface area contributed by atoms with Crippen LogP contribution in [0.4, 0.5) is 11.5 Å². The third kappa shape index (κ3) is 3.13. The number of hydrogen-bond donors (Lipinski definition) is 1. The fourth-order valence-electron chi connectivity index (χ4n) is 2.72. The maximum atomic E-state index is 6.24. The van der Waals surface area contributed by atoms with Crippen molar-refractivity contribution >= 4 is 34.2 Å². The standard InChI is InChI=1S/C19H15ClN4O3/c1-25-14-9-15(26-2)13(8-12(14)20)23-19-18-17(21-10-22-19)16(24-27-18)11-6-4-3-5-7-11/h3-10H,1-2H3,(H,21,22,23). The van der Waals surface area contributed by atoms with Crippen LogP contribution in [0.5, 0.6) is 11.5 Å². The molecular formula is C19H15ClN4O3. The van der Waals surface area contributed by atoms with E-state index in [-0.39, 0.29) is 0 Å². The second-order valence-corrected chi connectivity index (χ2v) is 6.02. The predicted octanol–water partition coefficient (Wildman–Crippen LogP) is 4.70. The van der Waals surface area contributed by atoms with Gasteiger partial charge < -0.3 is 19.3 Å². The highest BCUT2D eigenvalue weighted by molar-refractivity contribution is 6.32. The van der Waals surface area contributed by atoms with Gasteiger partial charge >= 0.3 is 0 Å². The van der Waals surface area contributed by atoms with Crippen LogP contribution in [0.15, 0.2) is 53.3 Å². The summed E-state index contributed by atoms with van der Waals surface area (Å²) in [6.07, 6.45) is 1.45. The monoisotopic (exact) mass is 382 g/mol. The molecule has 2 aromatic carbocycles. The molecule has 7 nitrogen and oxygen atoms in total. The summed E-state index contributed by atoms with van der Waals surface area (Å²) in [7, 11) is 3.10. The Hall–Kier alpha value is -3.32. The number of methoxy groups -OCH3 is 2. The SMILES string of the molecule is COc1cc(OC)c(Nc2ncnc3c(-c4ccccc4)noc23)cc1Cl. The van der Waals surface area contributed by atoms with E-state index in [9.17, 15) is 0 Å². The first kappa shape index (κ1) is 17.1. The van der Waals surface area contributed by atoms with Crippen LogP contribution >= 0.6 is 11.6 Å². The molecule has 0 spiro atoms. The molecule has 0 aliphatic carbocycles. The number of nitrogens with one attached hydrogen (secondary N) is 1. The Morgan fingerprint density at radius 1 is 1.00 bits per heavy atom. The molecule has 0 amide bonds. The Morgan fingerprint density at radius 3 is 2.52 bits per heavy atom. The molecule has 0 aliphatic heterocycles. The highest BCUT2D eigenvalue weighted by Crippen LogP contribution is 2.38. The highest BCUT2D eigenvalue weighted by Gasteiger charge is 2.18. The van der Waals surface area contributed by atoms with E-state index in [0.717, 1.165) is 5.56 Å². The van der Waals surface area contributed by atoms with Crippen LogP contribution in [-0.4, -0.2) is 29.3 Å². The predicted molar refractivity (Wildman–Crippen MR) is 103 cm³/mol. The van der Waals surface area contributed by atoms with Crippen molar-refractivity contribution in [2.75, 3.05) is 19.5 Å². The summed E-state index contributed by atoms with van der Waals surface area (Å²) in [6.45, 7) is 0. The van der Waals surface area contributed by atoms with Gasteiger partial charge in [0.25, 0.3) is 0 Å². The van der Waals surface area contributed by atoms with E-state index in [1.807, 2.05) is 30.3 Å². The molecule has 0 saturated carbocycles. The zero-order chi connectivity index (χ0) is 18.8. The zero-order valence-electron chi connectivity index (χ0n) is 14.6. The summed E-state index contributed by atoms with van der Waals surface area (Å²) >= 11 is 6.24. The maximum absolute atomic E-state index is 6.24. The molecule has 4 rings (SSSR count). The van der Waals surface area contributed by atoms with Crippen molar-refractivity contribution in [3.05, 3.63) is 53.8 Å². The van der Waals surface area contributed by atoms with Gasteiger partial charge in [-0.2, -0.15) is 0 Å². The minimum Gasteiger partial charge on any atom is -0.495 e. The van der Waals surface area contributed by atoms with Crippen LogP contribution in [0.2, 0.25) is 5.02 Å². The van der Waals surface area contributed by atoms with E-state index in [1.54, 1.807) is 26.4 Å². The topological polar surface area (TPSA) is 82.3 Å². The quantitative estimate of drug-likeness (QED) is 0.535. The molecule has 0 bridgehead atoms. The smallest absolute Gasteiger partial charge is 0.228 e. The molecule has 0 radical (unpaired) electrons. The van der Waals surface area contributed by atoms with Crippen LogP contribution in [0.3, 0.4) is 0 Å². The summed E-state index contributed by atoms with van der Waals surface area (Å²) in [5.41, 5.74) is 3.21. The molecule has 0 atom stereocenters. The van der Waals surface area contributed by atoms with E-state index in [0.29, 0.717) is 44.8 Å². The van der Waals surface area contributed by atoms with Gasteiger partial charge in [-0.25, -0.2) is 9.97 Å². The number of rotatable bonds is 5. The van der Waals surface area contributed by atoms with Crippen molar-refractivity contribution in [2.45, 2.75) is 0 Å². The second-order valence-electron chi connectivity index (χ2n) is 5.61. The number of halogens is 1. The molecule has 0 aliphatic rings. The average molecular weight is 383 g/mol. The molecule has 27 heavy (non-hydrogen) atoms. The highest BCUT2D eigenvalue weighted by atomic mass is 35.5. The molecular weight excluding hydrogens is 368 g/mol. The van der Waals surface area contributed by atoms with Crippen LogP contribution in [0.25, 0.3) is 22.4 Å². The Balaban J connectivity index is 1.78. The zero-order valence-corrected chi connectivity index (χ0v) is 15.3. The lowest BCUT2D eigenvalue weighted by atomic mass is 10.1. The molecule has 8 heteroatoms. The van der Waals surface area contributed by atoms with Gasteiger partial charge in [-0.1, -0.05) is 47.1 Å². The number of benzene rings is 2. The van der Waals surface area contributed by atoms with Crippen molar-refractivity contribution in [3.8, 4) is 22.8 Å². The fourth-order valence-corrected chi connectivity index (χ4v) is 2.96. The van der Waals surface area contributed by atoms with Gasteiger partial charge in [-0.3, -0.25) is 0 Å². The van der Waals surface area contributed by atoms with E-state index in [1.165, 1.54) is 6.33 Å². The summed E-state index contributed by atoms with van der Waals surface area (Å²) in [4.78, 5) is 8.59. The van der Waals surface area contributed by atoms with Crippen molar-refractivity contribution in [1.29, 1.82) is 0 Å². The van der Waals surface area contributed by atoms with Crippen molar-refractivity contribution in [1.82, 2.24) is 15.1 Å². The van der Waals surface area contributed by atoms with E-state index in [2.05, 4.69) is 20.4 Å². The van der Waals surface area contributed by atoms with Crippen molar-refractivity contribution in [2.24, 2.45) is 0 Å². The fraction of sp³-hybridized carbons (Fsp3) is 0.105. The van der Waals surface area contributed by atoms with E-state index in [4.69, 9.17) is 25.6 Å². The number of hydrogen-bond acceptors (Lipinski definition) is 7. The van der Waals surface area contributed by atoms with Crippen LogP contribution in [0, 0.1) is 0 Å². The summed E-state index contributed by atoms with van der Waals surface area (Å²) in [5.74, 6) is 1.51. The number of anilines is 2. The minimum atomic E-state index is 0.436. The molecule has 1 N–H and O–H groups in total. The van der Waals surface area contributed by atoms with Gasteiger partial charge in [0.05, 0.1) is 24.9 Å². The molecule has 4 aromatic rings. The maximum Gasteiger partial charge on any atom is 0.228 e. The molecule has 2 aromatic heterocycles. The van der Waals surface area contributed by atoms with Crippen LogP contribution in [0.1, 0.15) is 0 Å². The molecule has 2 heterocycles. The van der Waals surface area contributed by atoms with Gasteiger partial charge in [0.2, 0.25) is 5.58 Å². The first-order valence-corrected chi connectivity index (χ1v) is 8.43. The lowest BCUT2D eigenvalue weighted by Gasteiger charge is -2.13. The summed E-state index contributed by atoms with van der Waals surface area (Å²) < 4.78 is 16.2. The third-order valence-corrected chi connectivity index (χ3v) is 4.33. The van der Waals surface area contributed by atoms with Gasteiger partial charge in [-0.15, -0.1) is 0 Å². The Labute approximate surface area is 159 Å². The van der Waals surface area contributed by atoms with Gasteiger partial charge in [0, 0.05) is 11.6 Å². The number of fused-ring (bicyclic) bond motifs is 1. The first-order valence-electron chi connectivity index (χ1n) is 8.05. The number of ether oxygens (including phenoxy) is 2. The second kappa shape index (κ2) is 7.13. The normalized spacial score (nSPS) is 10.8. The Kier molecular flexibility index (Phi) is 4.52. The van der Waals surface area contributed by atoms with Gasteiger partial charge in [-0.05, 0) is 6.07 Å². The molecule has 136 valence electrons. The van der Waals surface area contributed by atoms with Crippen LogP contribution in [-0.2, 0) is 0 Å². The third-order valence-electron chi connectivity index (χ3n) is 4.03. The van der Waals surface area contributed by atoms with Gasteiger partial charge in [0.1, 0.15) is 29.0 Å².